The summed E-state index contributed by atoms with van der Waals surface area (Å²) in [5, 5.41) is 0. The highest BCUT2D eigenvalue weighted by Gasteiger charge is 2.61. The van der Waals surface area contributed by atoms with Crippen molar-refractivity contribution in [1.82, 2.24) is 0 Å². The number of nitrogens with zero attached hydrogens (tertiary/aromatic N) is 1. The number of fused-ring (bicyclic) bond motifs is 5. The van der Waals surface area contributed by atoms with E-state index in [1.54, 1.807) is 18.2 Å². The molecule has 3 fully saturated rings. The van der Waals surface area contributed by atoms with E-state index in [1.807, 2.05) is 0 Å². The van der Waals surface area contributed by atoms with Crippen molar-refractivity contribution < 1.29 is 28.7 Å². The van der Waals surface area contributed by atoms with Crippen molar-refractivity contribution in [3.05, 3.63) is 59.7 Å². The van der Waals surface area contributed by atoms with Crippen molar-refractivity contribution >= 4 is 29.4 Å². The Morgan fingerprint density at radius 1 is 0.871 bits per heavy atom. The number of methoxy groups -OCH3 is 1. The number of rotatable bonds is 4. The van der Waals surface area contributed by atoms with Crippen LogP contribution >= 0.6 is 0 Å². The third kappa shape index (κ3) is 3.12. The first-order chi connectivity index (χ1) is 15.0. The number of ether oxygens (including phenoxy) is 2. The van der Waals surface area contributed by atoms with Gasteiger partial charge in [-0.3, -0.25) is 14.5 Å². The topological polar surface area (TPSA) is 90.0 Å². The molecule has 0 unspecified atom stereocenters. The van der Waals surface area contributed by atoms with E-state index in [0.29, 0.717) is 23.1 Å². The minimum absolute atomic E-state index is 0.147. The predicted molar refractivity (Wildman–Crippen MR) is 109 cm³/mol. The van der Waals surface area contributed by atoms with Crippen molar-refractivity contribution in [2.75, 3.05) is 12.0 Å². The smallest absolute Gasteiger partial charge is 0.343 e. The van der Waals surface area contributed by atoms with Crippen molar-refractivity contribution in [2.45, 2.75) is 19.3 Å². The Morgan fingerprint density at radius 3 is 2.13 bits per heavy atom. The van der Waals surface area contributed by atoms with Gasteiger partial charge in [0.05, 0.1) is 35.8 Å². The molecule has 1 saturated heterocycles. The van der Waals surface area contributed by atoms with Crippen LogP contribution in [0.1, 0.15) is 40.0 Å². The Morgan fingerprint density at radius 2 is 1.52 bits per heavy atom. The van der Waals surface area contributed by atoms with E-state index in [-0.39, 0.29) is 35.0 Å². The summed E-state index contributed by atoms with van der Waals surface area (Å²) in [6.45, 7) is 0. The zero-order valence-electron chi connectivity index (χ0n) is 16.9. The van der Waals surface area contributed by atoms with Crippen molar-refractivity contribution in [1.29, 1.82) is 0 Å². The number of esters is 2. The highest BCUT2D eigenvalue weighted by atomic mass is 16.5. The molecule has 1 aliphatic heterocycles. The van der Waals surface area contributed by atoms with E-state index in [1.165, 1.54) is 42.3 Å². The van der Waals surface area contributed by atoms with E-state index < -0.39 is 11.9 Å². The first kappa shape index (κ1) is 19.5. The van der Waals surface area contributed by atoms with Crippen LogP contribution in [0.3, 0.4) is 0 Å². The molecule has 4 atom stereocenters. The molecule has 1 heterocycles. The van der Waals surface area contributed by atoms with Crippen LogP contribution in [0.5, 0.6) is 5.75 Å². The summed E-state index contributed by atoms with van der Waals surface area (Å²) in [6, 6.07) is 12.4. The molecule has 7 heteroatoms. The normalized spacial score (nSPS) is 26.2. The quantitative estimate of drug-likeness (QED) is 0.429. The average Bonchev–Trinajstić information content (AvgIpc) is 3.47. The van der Waals surface area contributed by atoms with Gasteiger partial charge in [0.1, 0.15) is 5.75 Å². The van der Waals surface area contributed by atoms with Crippen molar-refractivity contribution in [3.8, 4) is 5.75 Å². The van der Waals surface area contributed by atoms with Crippen molar-refractivity contribution in [3.63, 3.8) is 0 Å². The van der Waals surface area contributed by atoms with Crippen LogP contribution in [0.25, 0.3) is 0 Å². The third-order valence-corrected chi connectivity index (χ3v) is 6.75. The fourth-order valence-electron chi connectivity index (χ4n) is 5.38. The Balaban J connectivity index is 1.35. The molecule has 5 rings (SSSR count). The number of carbonyl (C=O) groups is 4. The molecule has 2 bridgehead atoms. The highest BCUT2D eigenvalue weighted by molar-refractivity contribution is 6.22. The van der Waals surface area contributed by atoms with Crippen LogP contribution in [0.4, 0.5) is 5.69 Å². The molecular formula is C24H21NO6. The van der Waals surface area contributed by atoms with Gasteiger partial charge in [-0.25, -0.2) is 9.59 Å². The number of amides is 2. The van der Waals surface area contributed by atoms with Gasteiger partial charge in [0, 0.05) is 0 Å². The monoisotopic (exact) mass is 419 g/mol. The molecule has 7 nitrogen and oxygen atoms in total. The molecule has 3 aliphatic rings. The van der Waals surface area contributed by atoms with E-state index >= 15 is 0 Å². The number of hydrogen-bond acceptors (Lipinski definition) is 6. The van der Waals surface area contributed by atoms with Gasteiger partial charge >= 0.3 is 11.9 Å². The van der Waals surface area contributed by atoms with Gasteiger partial charge in [-0.05, 0) is 73.6 Å². The second-order valence-corrected chi connectivity index (χ2v) is 8.35. The lowest BCUT2D eigenvalue weighted by atomic mass is 9.81. The lowest BCUT2D eigenvalue weighted by Crippen LogP contribution is -2.32. The SMILES string of the molecule is COC(=O)c1ccc(OC(=O)c2cccc(N3C(=O)[C@@H]4[C@H]5CC[C@@H](C5)[C@@H]4C3=O)c2)cc1. The summed E-state index contributed by atoms with van der Waals surface area (Å²) in [7, 11) is 1.29. The van der Waals surface area contributed by atoms with Gasteiger partial charge in [0.15, 0.2) is 0 Å². The first-order valence-electron chi connectivity index (χ1n) is 10.4. The molecule has 2 aromatic rings. The van der Waals surface area contributed by atoms with Gasteiger partial charge in [0.2, 0.25) is 11.8 Å². The zero-order chi connectivity index (χ0) is 21.7. The maximum Gasteiger partial charge on any atom is 0.343 e. The maximum absolute atomic E-state index is 13.0. The van der Waals surface area contributed by atoms with Crippen molar-refractivity contribution in [2.24, 2.45) is 23.7 Å². The summed E-state index contributed by atoms with van der Waals surface area (Å²) in [5.41, 5.74) is 0.976. The molecule has 2 aromatic carbocycles. The second-order valence-electron chi connectivity index (χ2n) is 8.35. The Labute approximate surface area is 178 Å². The van der Waals surface area contributed by atoms with E-state index in [9.17, 15) is 19.2 Å². The van der Waals surface area contributed by atoms with Crippen LogP contribution < -0.4 is 9.64 Å². The molecule has 0 aromatic heterocycles. The molecule has 2 aliphatic carbocycles. The largest absolute Gasteiger partial charge is 0.465 e. The third-order valence-electron chi connectivity index (χ3n) is 6.75. The molecular weight excluding hydrogens is 398 g/mol. The van der Waals surface area contributed by atoms with Gasteiger partial charge in [-0.15, -0.1) is 0 Å². The van der Waals surface area contributed by atoms with Crippen LogP contribution in [0.15, 0.2) is 48.5 Å². The lowest BCUT2D eigenvalue weighted by molar-refractivity contribution is -0.123. The lowest BCUT2D eigenvalue weighted by Gasteiger charge is -2.19. The fraction of sp³-hybridized carbons (Fsp3) is 0.333. The van der Waals surface area contributed by atoms with Gasteiger partial charge < -0.3 is 9.47 Å². The van der Waals surface area contributed by atoms with Gasteiger partial charge in [-0.1, -0.05) is 6.07 Å². The molecule has 0 spiro atoms. The van der Waals surface area contributed by atoms with Crippen LogP contribution in [0.2, 0.25) is 0 Å². The summed E-state index contributed by atoms with van der Waals surface area (Å²) in [4.78, 5) is 51.4. The number of benzene rings is 2. The van der Waals surface area contributed by atoms with Crippen LogP contribution in [0, 0.1) is 23.7 Å². The number of imide groups is 1. The van der Waals surface area contributed by atoms with Crippen LogP contribution in [-0.4, -0.2) is 30.9 Å². The van der Waals surface area contributed by atoms with E-state index in [4.69, 9.17) is 4.74 Å². The zero-order valence-corrected chi connectivity index (χ0v) is 16.9. The molecule has 31 heavy (non-hydrogen) atoms. The number of carbonyl (C=O) groups excluding carboxylic acids is 4. The second kappa shape index (κ2) is 7.34. The molecule has 158 valence electrons. The van der Waals surface area contributed by atoms with Gasteiger partial charge in [0.25, 0.3) is 0 Å². The minimum atomic E-state index is -0.618. The summed E-state index contributed by atoms with van der Waals surface area (Å²) < 4.78 is 10.0. The van der Waals surface area contributed by atoms with E-state index in [0.717, 1.165) is 19.3 Å². The molecule has 0 N–H and O–H groups in total. The maximum atomic E-state index is 13.0. The Bertz CT molecular complexity index is 1060. The van der Waals surface area contributed by atoms with Gasteiger partial charge in [-0.2, -0.15) is 0 Å². The van der Waals surface area contributed by atoms with E-state index in [2.05, 4.69) is 4.74 Å². The fourth-order valence-corrected chi connectivity index (χ4v) is 5.38. The Kier molecular flexibility index (Phi) is 4.61. The number of anilines is 1. The summed E-state index contributed by atoms with van der Waals surface area (Å²) in [5.74, 6) is -0.948. The minimum Gasteiger partial charge on any atom is -0.465 e. The molecule has 2 saturated carbocycles. The Hall–Kier alpha value is -3.48. The summed E-state index contributed by atoms with van der Waals surface area (Å²) >= 11 is 0. The molecule has 2 amide bonds. The first-order valence-corrected chi connectivity index (χ1v) is 10.4. The predicted octanol–water partition coefficient (Wildman–Crippen LogP) is 3.23. The standard InChI is InChI=1S/C24H21NO6/c1-30-23(28)13-7-9-18(10-8-13)31-24(29)16-3-2-4-17(12-16)25-21(26)19-14-5-6-15(11-14)20(19)22(25)27/h2-4,7-10,12,14-15,19-20H,5-6,11H2,1H3/t14-,15-,19-,20+/m0/s1. The van der Waals surface area contributed by atoms with Crippen LogP contribution in [-0.2, 0) is 14.3 Å². The average molecular weight is 419 g/mol. The summed E-state index contributed by atoms with van der Waals surface area (Å²) in [6.07, 6.45) is 3.00. The highest BCUT2D eigenvalue weighted by Crippen LogP contribution is 2.56. The molecule has 0 radical (unpaired) electrons. The number of hydrogen-bond donors (Lipinski definition) is 0.